The molecule has 144 valence electrons. The lowest BCUT2D eigenvalue weighted by Crippen LogP contribution is -2.15. The van der Waals surface area contributed by atoms with Gasteiger partial charge in [-0.3, -0.25) is 9.78 Å². The molecule has 0 aliphatic rings. The van der Waals surface area contributed by atoms with Crippen LogP contribution in [0.15, 0.2) is 60.3 Å². The Morgan fingerprint density at radius 2 is 2.07 bits per heavy atom. The highest BCUT2D eigenvalue weighted by Crippen LogP contribution is 2.15. The first kappa shape index (κ1) is 19.6. The number of amides is 1. The van der Waals surface area contributed by atoms with Crippen molar-refractivity contribution >= 4 is 17.4 Å². The summed E-state index contributed by atoms with van der Waals surface area (Å²) < 4.78 is 0. The molecule has 0 aliphatic carbocycles. The minimum Gasteiger partial charge on any atom is -0.335 e. The minimum atomic E-state index is -0.275. The van der Waals surface area contributed by atoms with Gasteiger partial charge in [-0.1, -0.05) is 12.1 Å². The number of carbonyl (C=O) groups is 1. The maximum Gasteiger partial charge on any atom is 0.266 e. The van der Waals surface area contributed by atoms with E-state index in [1.54, 1.807) is 42.7 Å². The van der Waals surface area contributed by atoms with Crippen LogP contribution in [0.3, 0.4) is 0 Å². The minimum absolute atomic E-state index is 0.143. The number of aromatic nitrogens is 3. The third kappa shape index (κ3) is 4.78. The van der Waals surface area contributed by atoms with Crippen molar-refractivity contribution in [2.75, 3.05) is 5.32 Å². The maximum absolute atomic E-state index is 12.4. The summed E-state index contributed by atoms with van der Waals surface area (Å²) in [6, 6.07) is 10.5. The summed E-state index contributed by atoms with van der Waals surface area (Å²) in [5.41, 5.74) is 2.99. The van der Waals surface area contributed by atoms with Crippen LogP contribution >= 0.6 is 0 Å². The molecule has 0 spiro atoms. The zero-order valence-corrected chi connectivity index (χ0v) is 16.0. The lowest BCUT2D eigenvalue weighted by molar-refractivity contribution is 0.102. The van der Waals surface area contributed by atoms with E-state index in [0.29, 0.717) is 29.1 Å². The van der Waals surface area contributed by atoms with Crippen molar-refractivity contribution in [3.05, 3.63) is 77.4 Å². The summed E-state index contributed by atoms with van der Waals surface area (Å²) in [7, 11) is 0. The Morgan fingerprint density at radius 1 is 1.21 bits per heavy atom. The Morgan fingerprint density at radius 3 is 2.76 bits per heavy atom. The molecule has 0 aromatic carbocycles. The Kier molecular flexibility index (Phi) is 6.22. The summed E-state index contributed by atoms with van der Waals surface area (Å²) >= 11 is 0. The molecule has 3 aromatic heterocycles. The molecule has 0 radical (unpaired) electrons. The molecule has 29 heavy (non-hydrogen) atoms. The second kappa shape index (κ2) is 9.19. The molecular formula is C21H18N6O2. The van der Waals surface area contributed by atoms with E-state index in [0.717, 1.165) is 11.1 Å². The molecule has 8 nitrogen and oxygen atoms in total. The number of hydrogen-bond acceptors (Lipinski definition) is 7. The van der Waals surface area contributed by atoms with Gasteiger partial charge in [0.05, 0.1) is 11.3 Å². The largest absolute Gasteiger partial charge is 0.335 e. The number of aryl methyl sites for hydroxylation is 1. The van der Waals surface area contributed by atoms with Crippen LogP contribution in [-0.2, 0) is 0 Å². The molecule has 0 fully saturated rings. The second-order valence-electron chi connectivity index (χ2n) is 6.03. The topological polar surface area (TPSA) is 113 Å². The van der Waals surface area contributed by atoms with Crippen LogP contribution in [0, 0.1) is 18.3 Å². The van der Waals surface area contributed by atoms with E-state index in [1.165, 1.54) is 12.4 Å². The summed E-state index contributed by atoms with van der Waals surface area (Å²) in [4.78, 5) is 30.0. The van der Waals surface area contributed by atoms with Crippen molar-refractivity contribution in [3.63, 3.8) is 0 Å². The van der Waals surface area contributed by atoms with Crippen molar-refractivity contribution in [2.24, 2.45) is 5.16 Å². The van der Waals surface area contributed by atoms with E-state index in [2.05, 4.69) is 25.4 Å². The van der Waals surface area contributed by atoms with Crippen LogP contribution in [-0.4, -0.2) is 26.6 Å². The SMILES string of the molecule is CCC(=NOc1ncccc1C#N)c1ccc(NC(=O)c2cnccc2C)nc1. The number of pyridine rings is 3. The van der Waals surface area contributed by atoms with Gasteiger partial charge >= 0.3 is 0 Å². The number of nitrogens with zero attached hydrogens (tertiary/aromatic N) is 5. The van der Waals surface area contributed by atoms with Gasteiger partial charge in [0.15, 0.2) is 0 Å². The number of nitriles is 1. The highest BCUT2D eigenvalue weighted by molar-refractivity contribution is 6.05. The van der Waals surface area contributed by atoms with Crippen LogP contribution < -0.4 is 10.2 Å². The van der Waals surface area contributed by atoms with Gasteiger partial charge in [0, 0.05) is 30.4 Å². The monoisotopic (exact) mass is 386 g/mol. The number of oxime groups is 1. The fourth-order valence-electron chi connectivity index (χ4n) is 2.49. The van der Waals surface area contributed by atoms with Gasteiger partial charge in [0.1, 0.15) is 17.5 Å². The van der Waals surface area contributed by atoms with E-state index in [1.807, 2.05) is 19.9 Å². The Balaban J connectivity index is 1.73. The van der Waals surface area contributed by atoms with E-state index < -0.39 is 0 Å². The molecule has 3 heterocycles. The standard InChI is InChI=1S/C21H18N6O2/c1-3-18(27-29-21-15(11-22)5-4-9-24-21)16-6-7-19(25-12-16)26-20(28)17-13-23-10-8-14(17)2/h4-10,12-13H,3H2,1-2H3,(H,25,26,28). The molecule has 3 rings (SSSR count). The maximum atomic E-state index is 12.4. The Bertz CT molecular complexity index is 1090. The molecule has 0 unspecified atom stereocenters. The van der Waals surface area contributed by atoms with Crippen molar-refractivity contribution in [2.45, 2.75) is 20.3 Å². The molecule has 0 saturated carbocycles. The molecular weight excluding hydrogens is 368 g/mol. The number of anilines is 1. The Labute approximate surface area is 167 Å². The molecule has 0 bridgehead atoms. The van der Waals surface area contributed by atoms with Crippen molar-refractivity contribution in [1.82, 2.24) is 15.0 Å². The van der Waals surface area contributed by atoms with Gasteiger partial charge in [0.25, 0.3) is 11.8 Å². The summed E-state index contributed by atoms with van der Waals surface area (Å²) in [5.74, 6) is 0.280. The normalized spacial score (nSPS) is 10.9. The highest BCUT2D eigenvalue weighted by atomic mass is 16.6. The molecule has 1 amide bonds. The van der Waals surface area contributed by atoms with Crippen molar-refractivity contribution in [1.29, 1.82) is 5.26 Å². The molecule has 8 heteroatoms. The lowest BCUT2D eigenvalue weighted by atomic mass is 10.1. The van der Waals surface area contributed by atoms with Gasteiger partial charge in [0.2, 0.25) is 0 Å². The third-order valence-electron chi connectivity index (χ3n) is 4.09. The lowest BCUT2D eigenvalue weighted by Gasteiger charge is -2.08. The highest BCUT2D eigenvalue weighted by Gasteiger charge is 2.11. The summed E-state index contributed by atoms with van der Waals surface area (Å²) in [6.45, 7) is 3.77. The number of nitrogens with one attached hydrogen (secondary N) is 1. The van der Waals surface area contributed by atoms with Crippen LogP contribution in [0.2, 0.25) is 0 Å². The number of hydrogen-bond donors (Lipinski definition) is 1. The summed E-state index contributed by atoms with van der Waals surface area (Å²) in [6.07, 6.45) is 6.86. The van der Waals surface area contributed by atoms with Gasteiger partial charge < -0.3 is 10.2 Å². The quantitative estimate of drug-likeness (QED) is 0.512. The molecule has 0 aliphatic heterocycles. The average molecular weight is 386 g/mol. The predicted octanol–water partition coefficient (Wildman–Crippen LogP) is 3.50. The molecule has 0 atom stereocenters. The average Bonchev–Trinajstić information content (AvgIpc) is 2.75. The molecule has 3 aromatic rings. The second-order valence-corrected chi connectivity index (χ2v) is 6.03. The number of rotatable bonds is 6. The number of carbonyl (C=O) groups excluding carboxylic acids is 1. The van der Waals surface area contributed by atoms with Crippen molar-refractivity contribution < 1.29 is 9.63 Å². The summed E-state index contributed by atoms with van der Waals surface area (Å²) in [5, 5.41) is 16.0. The molecule has 1 N–H and O–H groups in total. The fourth-order valence-corrected chi connectivity index (χ4v) is 2.49. The smallest absolute Gasteiger partial charge is 0.266 e. The zero-order valence-electron chi connectivity index (χ0n) is 16.0. The van der Waals surface area contributed by atoms with E-state index in [-0.39, 0.29) is 11.8 Å². The van der Waals surface area contributed by atoms with Crippen molar-refractivity contribution in [3.8, 4) is 11.9 Å². The predicted molar refractivity (Wildman–Crippen MR) is 108 cm³/mol. The van der Waals surface area contributed by atoms with Crippen LogP contribution in [0.5, 0.6) is 5.88 Å². The van der Waals surface area contributed by atoms with Gasteiger partial charge in [-0.25, -0.2) is 9.97 Å². The van der Waals surface area contributed by atoms with E-state index in [9.17, 15) is 4.79 Å². The van der Waals surface area contributed by atoms with E-state index in [4.69, 9.17) is 10.1 Å². The van der Waals surface area contributed by atoms with Crippen LogP contribution in [0.25, 0.3) is 0 Å². The first-order valence-corrected chi connectivity index (χ1v) is 8.89. The van der Waals surface area contributed by atoms with Gasteiger partial charge in [-0.15, -0.1) is 0 Å². The fraction of sp³-hybridized carbons (Fsp3) is 0.143. The zero-order chi connectivity index (χ0) is 20.6. The third-order valence-corrected chi connectivity index (χ3v) is 4.09. The van der Waals surface area contributed by atoms with Gasteiger partial charge in [-0.2, -0.15) is 5.26 Å². The van der Waals surface area contributed by atoms with Crippen LogP contribution in [0.1, 0.15) is 40.4 Å². The molecule has 0 saturated heterocycles. The first-order valence-electron chi connectivity index (χ1n) is 8.89. The van der Waals surface area contributed by atoms with Gasteiger partial charge in [-0.05, 0) is 49.2 Å². The first-order chi connectivity index (χ1) is 14.1. The van der Waals surface area contributed by atoms with E-state index >= 15 is 0 Å². The Hall–Kier alpha value is -4.12. The van der Waals surface area contributed by atoms with Crippen LogP contribution in [0.4, 0.5) is 5.82 Å².